The van der Waals surface area contributed by atoms with Crippen molar-refractivity contribution >= 4 is 11.9 Å². The summed E-state index contributed by atoms with van der Waals surface area (Å²) in [4.78, 5) is 20.9. The molecule has 1 aromatic carbocycles. The van der Waals surface area contributed by atoms with Gasteiger partial charge in [0.1, 0.15) is 0 Å². The Morgan fingerprint density at radius 2 is 1.68 bits per heavy atom. The van der Waals surface area contributed by atoms with Crippen LogP contribution in [0.3, 0.4) is 0 Å². The van der Waals surface area contributed by atoms with Gasteiger partial charge in [-0.05, 0) is 44.1 Å². The Hall–Kier alpha value is -2.36. The molecule has 136 valence electrons. The normalized spacial score (nSPS) is 15.0. The van der Waals surface area contributed by atoms with Gasteiger partial charge in [0.25, 0.3) is 0 Å². The summed E-state index contributed by atoms with van der Waals surface area (Å²) in [6.45, 7) is 5.15. The number of benzene rings is 1. The lowest BCUT2D eigenvalue weighted by molar-refractivity contribution is -0.133. The van der Waals surface area contributed by atoms with Gasteiger partial charge in [0.05, 0.1) is 0 Å². The molecule has 25 heavy (non-hydrogen) atoms. The van der Waals surface area contributed by atoms with Crippen LogP contribution in [0.25, 0.3) is 0 Å². The summed E-state index contributed by atoms with van der Waals surface area (Å²) in [5, 5.41) is 17.2. The average molecular weight is 344 g/mol. The summed E-state index contributed by atoms with van der Waals surface area (Å²) in [6.07, 6.45) is 9.35. The number of rotatable bonds is 6. The minimum Gasteiger partial charge on any atom is -0.478 e. The molecule has 0 spiro atoms. The van der Waals surface area contributed by atoms with Crippen molar-refractivity contribution in [1.82, 2.24) is 0 Å². The molecular weight excluding hydrogens is 316 g/mol. The maximum Gasteiger partial charge on any atom is 0.330 e. The zero-order chi connectivity index (χ0) is 18.7. The molecule has 2 rings (SSSR count). The van der Waals surface area contributed by atoms with Crippen LogP contribution in [-0.2, 0) is 16.0 Å². The first-order valence-electron chi connectivity index (χ1n) is 8.77. The van der Waals surface area contributed by atoms with Crippen LogP contribution >= 0.6 is 0 Å². The van der Waals surface area contributed by atoms with Crippen molar-refractivity contribution in [1.29, 1.82) is 0 Å². The minimum absolute atomic E-state index is 0.267. The van der Waals surface area contributed by atoms with Crippen molar-refractivity contribution in [3.63, 3.8) is 0 Å². The van der Waals surface area contributed by atoms with E-state index in [1.165, 1.54) is 32.1 Å². The summed E-state index contributed by atoms with van der Waals surface area (Å²) >= 11 is 0. The molecule has 0 aromatic heterocycles. The first-order chi connectivity index (χ1) is 11.9. The Morgan fingerprint density at radius 1 is 1.08 bits per heavy atom. The number of hydrogen-bond acceptors (Lipinski definition) is 2. The van der Waals surface area contributed by atoms with Crippen molar-refractivity contribution in [3.05, 3.63) is 59.7 Å². The van der Waals surface area contributed by atoms with E-state index in [2.05, 4.69) is 6.58 Å². The van der Waals surface area contributed by atoms with E-state index in [0.717, 1.165) is 12.0 Å². The summed E-state index contributed by atoms with van der Waals surface area (Å²) in [7, 11) is 0. The third-order valence-corrected chi connectivity index (χ3v) is 4.33. The highest BCUT2D eigenvalue weighted by atomic mass is 16.4. The van der Waals surface area contributed by atoms with E-state index in [1.807, 2.05) is 36.4 Å². The van der Waals surface area contributed by atoms with Crippen molar-refractivity contribution < 1.29 is 19.8 Å². The molecule has 0 radical (unpaired) electrons. The molecule has 1 aliphatic rings. The molecule has 1 saturated carbocycles. The summed E-state index contributed by atoms with van der Waals surface area (Å²) < 4.78 is 0. The number of hydrogen-bond donors (Lipinski definition) is 2. The van der Waals surface area contributed by atoms with Gasteiger partial charge < -0.3 is 10.2 Å². The van der Waals surface area contributed by atoms with E-state index in [1.54, 1.807) is 6.92 Å². The topological polar surface area (TPSA) is 74.6 Å². The fraction of sp³-hybridized carbons (Fsp3) is 0.429. The number of carboxylic acid groups (broad SMARTS) is 2. The van der Waals surface area contributed by atoms with E-state index >= 15 is 0 Å². The monoisotopic (exact) mass is 344 g/mol. The summed E-state index contributed by atoms with van der Waals surface area (Å²) in [6, 6.07) is 9.79. The minimum atomic E-state index is -0.907. The highest BCUT2D eigenvalue weighted by molar-refractivity contribution is 5.86. The molecule has 1 fully saturated rings. The number of aliphatic carboxylic acids is 2. The predicted octanol–water partition coefficient (Wildman–Crippen LogP) is 4.86. The standard InChI is InChI=1S/C11H12O2.C10H16O2/c1-9(11(12)13)7-8-10-5-3-2-4-6-10;1-8(10(11)12)7-9-5-3-2-4-6-9/h2-6H,1,7-8H2,(H,12,13);7,9H,2-6H2,1H3,(H,11,12). The number of carbonyl (C=O) groups is 2. The Kier molecular flexibility index (Phi) is 9.30. The second-order valence-corrected chi connectivity index (χ2v) is 6.45. The van der Waals surface area contributed by atoms with Crippen molar-refractivity contribution in [3.8, 4) is 0 Å². The fourth-order valence-electron chi connectivity index (χ4n) is 2.77. The van der Waals surface area contributed by atoms with E-state index in [0.29, 0.717) is 17.9 Å². The lowest BCUT2D eigenvalue weighted by Gasteiger charge is -2.18. The van der Waals surface area contributed by atoms with Crippen LogP contribution in [0.5, 0.6) is 0 Å². The largest absolute Gasteiger partial charge is 0.478 e. The predicted molar refractivity (Wildman–Crippen MR) is 99.5 cm³/mol. The van der Waals surface area contributed by atoms with Gasteiger partial charge in [0.15, 0.2) is 0 Å². The lowest BCUT2D eigenvalue weighted by atomic mass is 9.88. The number of carboxylic acids is 2. The highest BCUT2D eigenvalue weighted by Crippen LogP contribution is 2.25. The van der Waals surface area contributed by atoms with Crippen LogP contribution in [0.4, 0.5) is 0 Å². The second-order valence-electron chi connectivity index (χ2n) is 6.45. The molecule has 4 nitrogen and oxygen atoms in total. The lowest BCUT2D eigenvalue weighted by Crippen LogP contribution is -2.06. The van der Waals surface area contributed by atoms with Gasteiger partial charge in [0, 0.05) is 11.1 Å². The quantitative estimate of drug-likeness (QED) is 0.723. The Labute approximate surface area is 149 Å². The molecule has 4 heteroatoms. The van der Waals surface area contributed by atoms with Crippen molar-refractivity contribution in [2.45, 2.75) is 51.9 Å². The van der Waals surface area contributed by atoms with Crippen LogP contribution in [0.2, 0.25) is 0 Å². The van der Waals surface area contributed by atoms with Gasteiger partial charge in [-0.15, -0.1) is 0 Å². The van der Waals surface area contributed by atoms with Crippen LogP contribution < -0.4 is 0 Å². The van der Waals surface area contributed by atoms with E-state index in [-0.39, 0.29) is 5.57 Å². The van der Waals surface area contributed by atoms with Crippen LogP contribution in [0, 0.1) is 5.92 Å². The van der Waals surface area contributed by atoms with E-state index in [4.69, 9.17) is 10.2 Å². The van der Waals surface area contributed by atoms with Gasteiger partial charge in [-0.1, -0.05) is 62.2 Å². The summed E-state index contributed by atoms with van der Waals surface area (Å²) in [5.74, 6) is -1.16. The highest BCUT2D eigenvalue weighted by Gasteiger charge is 2.12. The maximum absolute atomic E-state index is 10.5. The Morgan fingerprint density at radius 3 is 2.20 bits per heavy atom. The molecule has 0 saturated heterocycles. The van der Waals surface area contributed by atoms with Gasteiger partial charge >= 0.3 is 11.9 Å². The van der Waals surface area contributed by atoms with Gasteiger partial charge in [-0.2, -0.15) is 0 Å². The molecule has 1 aliphatic carbocycles. The molecule has 0 unspecified atom stereocenters. The second kappa shape index (κ2) is 11.2. The molecule has 0 amide bonds. The smallest absolute Gasteiger partial charge is 0.330 e. The zero-order valence-electron chi connectivity index (χ0n) is 14.9. The summed E-state index contributed by atoms with van der Waals surface area (Å²) in [5.41, 5.74) is 1.91. The van der Waals surface area contributed by atoms with Crippen molar-refractivity contribution in [2.24, 2.45) is 5.92 Å². The molecule has 2 N–H and O–H groups in total. The fourth-order valence-corrected chi connectivity index (χ4v) is 2.77. The van der Waals surface area contributed by atoms with Crippen molar-refractivity contribution in [2.75, 3.05) is 0 Å². The van der Waals surface area contributed by atoms with Gasteiger partial charge in [-0.3, -0.25) is 0 Å². The molecule has 1 aromatic rings. The van der Waals surface area contributed by atoms with Gasteiger partial charge in [-0.25, -0.2) is 9.59 Å². The van der Waals surface area contributed by atoms with Crippen LogP contribution in [0.1, 0.15) is 51.0 Å². The third-order valence-electron chi connectivity index (χ3n) is 4.33. The molecule has 0 aliphatic heterocycles. The Bertz CT molecular complexity index is 596. The van der Waals surface area contributed by atoms with Crippen LogP contribution in [-0.4, -0.2) is 22.2 Å². The van der Waals surface area contributed by atoms with E-state index < -0.39 is 11.9 Å². The third kappa shape index (κ3) is 8.89. The molecular formula is C21H28O4. The maximum atomic E-state index is 10.5. The number of allylic oxidation sites excluding steroid dienone is 1. The van der Waals surface area contributed by atoms with Crippen LogP contribution in [0.15, 0.2) is 54.1 Å². The first-order valence-corrected chi connectivity index (χ1v) is 8.77. The molecule has 0 atom stereocenters. The first kappa shape index (κ1) is 20.7. The van der Waals surface area contributed by atoms with Gasteiger partial charge in [0.2, 0.25) is 0 Å². The molecule has 0 bridgehead atoms. The SMILES string of the molecule is C=C(CCc1ccccc1)C(=O)O.CC(=CC1CCCCC1)C(=O)O. The van der Waals surface area contributed by atoms with E-state index in [9.17, 15) is 9.59 Å². The number of aryl methyl sites for hydroxylation is 1. The average Bonchev–Trinajstić information content (AvgIpc) is 2.61. The molecule has 0 heterocycles. The zero-order valence-corrected chi connectivity index (χ0v) is 14.9. The Balaban J connectivity index is 0.000000251.